The number of carbonyl (C=O) groups is 1. The van der Waals surface area contributed by atoms with Crippen molar-refractivity contribution in [2.45, 2.75) is 46.5 Å². The molecule has 1 N–H and O–H groups in total. The summed E-state index contributed by atoms with van der Waals surface area (Å²) in [5.41, 5.74) is 0. The molecule has 1 atom stereocenters. The van der Waals surface area contributed by atoms with E-state index in [2.05, 4.69) is 19.2 Å². The molecule has 0 aromatic heterocycles. The summed E-state index contributed by atoms with van der Waals surface area (Å²) < 4.78 is 4.84. The first-order valence-electron chi connectivity index (χ1n) is 6.10. The van der Waals surface area contributed by atoms with Crippen molar-refractivity contribution >= 4 is 5.97 Å². The van der Waals surface area contributed by atoms with E-state index in [1.807, 2.05) is 6.92 Å². The maximum Gasteiger partial charge on any atom is 0.319 e. The Balaban J connectivity index is 3.49. The van der Waals surface area contributed by atoms with Gasteiger partial charge in [-0.1, -0.05) is 33.1 Å². The van der Waals surface area contributed by atoms with Gasteiger partial charge in [-0.2, -0.15) is 0 Å². The lowest BCUT2D eigenvalue weighted by atomic mass is 9.99. The van der Waals surface area contributed by atoms with Crippen LogP contribution in [0, 0.1) is 5.92 Å². The zero-order valence-corrected chi connectivity index (χ0v) is 10.3. The number of rotatable bonds is 9. The van der Waals surface area contributed by atoms with Crippen LogP contribution < -0.4 is 5.32 Å². The Morgan fingerprint density at radius 3 is 2.60 bits per heavy atom. The second-order valence-corrected chi connectivity index (χ2v) is 3.85. The molecule has 0 rings (SSSR count). The van der Waals surface area contributed by atoms with E-state index < -0.39 is 0 Å². The topological polar surface area (TPSA) is 38.3 Å². The van der Waals surface area contributed by atoms with Crippen molar-refractivity contribution in [3.63, 3.8) is 0 Å². The lowest BCUT2D eigenvalue weighted by molar-refractivity contribution is -0.142. The molecule has 0 spiro atoms. The summed E-state index contributed by atoms with van der Waals surface area (Å²) in [4.78, 5) is 11.0. The van der Waals surface area contributed by atoms with Gasteiger partial charge in [0.1, 0.15) is 0 Å². The van der Waals surface area contributed by atoms with E-state index in [1.165, 1.54) is 25.7 Å². The van der Waals surface area contributed by atoms with E-state index in [4.69, 9.17) is 4.74 Å². The van der Waals surface area contributed by atoms with E-state index in [9.17, 15) is 4.79 Å². The number of esters is 1. The van der Waals surface area contributed by atoms with Gasteiger partial charge in [0.2, 0.25) is 0 Å². The first-order chi connectivity index (χ1) is 7.24. The maximum absolute atomic E-state index is 11.0. The largest absolute Gasteiger partial charge is 0.465 e. The van der Waals surface area contributed by atoms with Crippen molar-refractivity contribution in [1.29, 1.82) is 0 Å². The number of carbonyl (C=O) groups excluding carboxylic acids is 1. The SMILES string of the molecule is CCCCC(CC)CNCC(=O)OCC. The lowest BCUT2D eigenvalue weighted by Crippen LogP contribution is -2.29. The Kier molecular flexibility index (Phi) is 9.59. The van der Waals surface area contributed by atoms with Crippen molar-refractivity contribution in [2.24, 2.45) is 5.92 Å². The molecule has 3 nitrogen and oxygen atoms in total. The standard InChI is InChI=1S/C12H25NO2/c1-4-7-8-11(5-2)9-13-10-12(14)15-6-3/h11,13H,4-10H2,1-3H3. The molecule has 0 aliphatic heterocycles. The summed E-state index contributed by atoms with van der Waals surface area (Å²) in [5.74, 6) is 0.544. The molecule has 0 aliphatic carbocycles. The zero-order chi connectivity index (χ0) is 11.5. The number of hydrogen-bond acceptors (Lipinski definition) is 3. The summed E-state index contributed by atoms with van der Waals surface area (Å²) in [6.45, 7) is 7.97. The molecule has 0 aliphatic rings. The molecule has 0 saturated heterocycles. The molecule has 15 heavy (non-hydrogen) atoms. The molecule has 0 radical (unpaired) electrons. The van der Waals surface area contributed by atoms with E-state index in [-0.39, 0.29) is 5.97 Å². The molecule has 0 bridgehead atoms. The van der Waals surface area contributed by atoms with Crippen LogP contribution in [0.5, 0.6) is 0 Å². The van der Waals surface area contributed by atoms with Crippen molar-refractivity contribution in [3.05, 3.63) is 0 Å². The highest BCUT2D eigenvalue weighted by Crippen LogP contribution is 2.10. The van der Waals surface area contributed by atoms with Crippen molar-refractivity contribution in [2.75, 3.05) is 19.7 Å². The summed E-state index contributed by atoms with van der Waals surface area (Å²) in [7, 11) is 0. The summed E-state index contributed by atoms with van der Waals surface area (Å²) in [5, 5.41) is 3.16. The van der Waals surface area contributed by atoms with Crippen molar-refractivity contribution in [1.82, 2.24) is 5.32 Å². The number of unbranched alkanes of at least 4 members (excludes halogenated alkanes) is 1. The zero-order valence-electron chi connectivity index (χ0n) is 10.3. The van der Waals surface area contributed by atoms with Gasteiger partial charge in [0.05, 0.1) is 13.2 Å². The van der Waals surface area contributed by atoms with E-state index in [0.29, 0.717) is 19.1 Å². The third-order valence-electron chi connectivity index (χ3n) is 2.55. The van der Waals surface area contributed by atoms with Crippen LogP contribution in [-0.4, -0.2) is 25.7 Å². The van der Waals surface area contributed by atoms with Gasteiger partial charge in [-0.25, -0.2) is 0 Å². The number of nitrogens with one attached hydrogen (secondary N) is 1. The van der Waals surface area contributed by atoms with Gasteiger partial charge in [-0.05, 0) is 25.8 Å². The number of hydrogen-bond donors (Lipinski definition) is 1. The normalized spacial score (nSPS) is 12.5. The fourth-order valence-electron chi connectivity index (χ4n) is 1.53. The van der Waals surface area contributed by atoms with Crippen molar-refractivity contribution in [3.8, 4) is 0 Å². The van der Waals surface area contributed by atoms with Gasteiger partial charge < -0.3 is 10.1 Å². The van der Waals surface area contributed by atoms with Crippen LogP contribution in [0.2, 0.25) is 0 Å². The molecule has 0 saturated carbocycles. The van der Waals surface area contributed by atoms with Crippen LogP contribution >= 0.6 is 0 Å². The second kappa shape index (κ2) is 9.97. The first kappa shape index (κ1) is 14.4. The average molecular weight is 215 g/mol. The van der Waals surface area contributed by atoms with Crippen LogP contribution in [-0.2, 0) is 9.53 Å². The minimum Gasteiger partial charge on any atom is -0.465 e. The lowest BCUT2D eigenvalue weighted by Gasteiger charge is -2.14. The fraction of sp³-hybridized carbons (Fsp3) is 0.917. The third-order valence-corrected chi connectivity index (χ3v) is 2.55. The Bertz CT molecular complexity index is 160. The van der Waals surface area contributed by atoms with Crippen LogP contribution in [0.3, 0.4) is 0 Å². The van der Waals surface area contributed by atoms with Gasteiger partial charge in [-0.3, -0.25) is 4.79 Å². The van der Waals surface area contributed by atoms with Gasteiger partial charge >= 0.3 is 5.97 Å². The summed E-state index contributed by atoms with van der Waals surface area (Å²) in [6.07, 6.45) is 4.95. The molecule has 0 amide bonds. The highest BCUT2D eigenvalue weighted by Gasteiger charge is 2.06. The highest BCUT2D eigenvalue weighted by molar-refractivity contribution is 5.71. The number of ether oxygens (including phenoxy) is 1. The summed E-state index contributed by atoms with van der Waals surface area (Å²) >= 11 is 0. The monoisotopic (exact) mass is 215 g/mol. The smallest absolute Gasteiger partial charge is 0.319 e. The molecule has 0 aromatic rings. The van der Waals surface area contributed by atoms with E-state index in [1.54, 1.807) is 0 Å². The molecule has 0 aromatic carbocycles. The maximum atomic E-state index is 11.0. The molecule has 0 heterocycles. The Morgan fingerprint density at radius 2 is 2.07 bits per heavy atom. The van der Waals surface area contributed by atoms with Crippen LogP contribution in [0.4, 0.5) is 0 Å². The Labute approximate surface area is 93.6 Å². The van der Waals surface area contributed by atoms with Gasteiger partial charge in [-0.15, -0.1) is 0 Å². The molecular weight excluding hydrogens is 190 g/mol. The fourth-order valence-corrected chi connectivity index (χ4v) is 1.53. The molecule has 1 unspecified atom stereocenters. The van der Waals surface area contributed by atoms with E-state index >= 15 is 0 Å². The van der Waals surface area contributed by atoms with E-state index in [0.717, 1.165) is 6.54 Å². The van der Waals surface area contributed by atoms with Crippen LogP contribution in [0.25, 0.3) is 0 Å². The predicted octanol–water partition coefficient (Wildman–Crippen LogP) is 2.36. The minimum atomic E-state index is -0.150. The average Bonchev–Trinajstić information content (AvgIpc) is 2.23. The highest BCUT2D eigenvalue weighted by atomic mass is 16.5. The van der Waals surface area contributed by atoms with Crippen LogP contribution in [0.1, 0.15) is 46.5 Å². The predicted molar refractivity (Wildman–Crippen MR) is 62.8 cm³/mol. The quantitative estimate of drug-likeness (QED) is 0.600. The Morgan fingerprint density at radius 1 is 1.33 bits per heavy atom. The van der Waals surface area contributed by atoms with Gasteiger partial charge in [0.25, 0.3) is 0 Å². The molecule has 0 fully saturated rings. The minimum absolute atomic E-state index is 0.150. The van der Waals surface area contributed by atoms with Crippen LogP contribution in [0.15, 0.2) is 0 Å². The molecule has 90 valence electrons. The summed E-state index contributed by atoms with van der Waals surface area (Å²) in [6, 6.07) is 0. The molecule has 3 heteroatoms. The Hall–Kier alpha value is -0.570. The van der Waals surface area contributed by atoms with Gasteiger partial charge in [0, 0.05) is 0 Å². The van der Waals surface area contributed by atoms with Gasteiger partial charge in [0.15, 0.2) is 0 Å². The van der Waals surface area contributed by atoms with Crippen molar-refractivity contribution < 1.29 is 9.53 Å². The second-order valence-electron chi connectivity index (χ2n) is 3.85. The first-order valence-corrected chi connectivity index (χ1v) is 6.10. The molecular formula is C12H25NO2. The third kappa shape index (κ3) is 8.43.